The molecule has 0 aliphatic rings. The summed E-state index contributed by atoms with van der Waals surface area (Å²) in [6.07, 6.45) is 1.68. The maximum Gasteiger partial charge on any atom is 0.265 e. The molecule has 7 heteroatoms. The molecule has 3 aromatic heterocycles. The largest absolute Gasteiger partial charge is 0.364 e. The first kappa shape index (κ1) is 15.0. The number of hydrogen-bond acceptors (Lipinski definition) is 4. The number of aryl methyl sites for hydroxylation is 1. The van der Waals surface area contributed by atoms with Crippen LogP contribution in [0.25, 0.3) is 17.3 Å². The second kappa shape index (κ2) is 5.68. The lowest BCUT2D eigenvalue weighted by Crippen LogP contribution is -2.17. The molecule has 3 rings (SSSR count). The molecule has 0 bridgehead atoms. The fraction of sp³-hybridized carbons (Fsp3) is 0.250. The second-order valence-electron chi connectivity index (χ2n) is 5.60. The molecule has 0 unspecified atom stereocenters. The van der Waals surface area contributed by atoms with Crippen LogP contribution in [-0.2, 0) is 0 Å². The average molecular weight is 310 g/mol. The smallest absolute Gasteiger partial charge is 0.265 e. The van der Waals surface area contributed by atoms with Crippen LogP contribution in [0.1, 0.15) is 36.1 Å². The summed E-state index contributed by atoms with van der Waals surface area (Å²) in [5.74, 6) is 0.819. The van der Waals surface area contributed by atoms with E-state index >= 15 is 0 Å². The van der Waals surface area contributed by atoms with Gasteiger partial charge in [-0.25, -0.2) is 4.98 Å². The van der Waals surface area contributed by atoms with Gasteiger partial charge in [0.15, 0.2) is 5.82 Å². The molecule has 7 nitrogen and oxygen atoms in total. The van der Waals surface area contributed by atoms with E-state index in [0.29, 0.717) is 23.0 Å². The van der Waals surface area contributed by atoms with Crippen LogP contribution in [-0.4, -0.2) is 30.2 Å². The van der Waals surface area contributed by atoms with Crippen LogP contribution in [0.4, 0.5) is 0 Å². The van der Waals surface area contributed by atoms with Gasteiger partial charge in [0.2, 0.25) is 0 Å². The number of nitrogens with two attached hydrogens (primary N) is 1. The molecule has 1 amide bonds. The van der Waals surface area contributed by atoms with Crippen LogP contribution >= 0.6 is 0 Å². The Morgan fingerprint density at radius 2 is 2.00 bits per heavy atom. The van der Waals surface area contributed by atoms with Gasteiger partial charge in [-0.2, -0.15) is 0 Å². The topological polar surface area (TPSA) is 91.6 Å². The van der Waals surface area contributed by atoms with Gasteiger partial charge in [-0.05, 0) is 45.0 Å². The number of carbonyl (C=O) groups excluding carboxylic acids is 1. The maximum atomic E-state index is 11.6. The van der Waals surface area contributed by atoms with Gasteiger partial charge in [0.1, 0.15) is 23.5 Å². The Hall–Kier alpha value is -2.96. The Kier molecular flexibility index (Phi) is 3.69. The monoisotopic (exact) mass is 310 g/mol. The first-order chi connectivity index (χ1) is 11.0. The van der Waals surface area contributed by atoms with E-state index in [2.05, 4.69) is 29.0 Å². The number of primary amides is 1. The molecule has 0 radical (unpaired) electrons. The molecule has 0 saturated carbocycles. The van der Waals surface area contributed by atoms with Crippen LogP contribution in [0, 0.1) is 6.92 Å². The molecule has 23 heavy (non-hydrogen) atoms. The summed E-state index contributed by atoms with van der Waals surface area (Å²) >= 11 is 0. The predicted octanol–water partition coefficient (Wildman–Crippen LogP) is 2.12. The number of hydrogen-bond donors (Lipinski definition) is 1. The lowest BCUT2D eigenvalue weighted by Gasteiger charge is -2.12. The van der Waals surface area contributed by atoms with Crippen LogP contribution in [0.15, 0.2) is 36.7 Å². The van der Waals surface area contributed by atoms with E-state index in [1.165, 1.54) is 0 Å². The van der Waals surface area contributed by atoms with Gasteiger partial charge < -0.3 is 10.3 Å². The van der Waals surface area contributed by atoms with E-state index in [4.69, 9.17) is 5.73 Å². The first-order valence-electron chi connectivity index (χ1n) is 7.34. The average Bonchev–Trinajstić information content (AvgIpc) is 3.13. The lowest BCUT2D eigenvalue weighted by molar-refractivity contribution is 0.0993. The molecule has 118 valence electrons. The quantitative estimate of drug-likeness (QED) is 0.799. The SMILES string of the molecule is Cc1ccc(C(N)=O)n1-c1cccc(-c2nncn2C(C)C)n1. The first-order valence-corrected chi connectivity index (χ1v) is 7.34. The van der Waals surface area contributed by atoms with Crippen LogP contribution < -0.4 is 5.73 Å². The normalized spacial score (nSPS) is 11.1. The summed E-state index contributed by atoms with van der Waals surface area (Å²) in [6, 6.07) is 9.34. The van der Waals surface area contributed by atoms with Crippen molar-refractivity contribution < 1.29 is 4.79 Å². The molecule has 0 saturated heterocycles. The molecule has 0 aliphatic carbocycles. The van der Waals surface area contributed by atoms with Crippen molar-refractivity contribution in [2.24, 2.45) is 5.73 Å². The summed E-state index contributed by atoms with van der Waals surface area (Å²) in [4.78, 5) is 16.2. The van der Waals surface area contributed by atoms with Gasteiger partial charge in [0.05, 0.1) is 0 Å². The zero-order chi connectivity index (χ0) is 16.6. The van der Waals surface area contributed by atoms with E-state index in [9.17, 15) is 4.79 Å². The fourth-order valence-corrected chi connectivity index (χ4v) is 2.51. The van der Waals surface area contributed by atoms with Crippen molar-refractivity contribution in [3.05, 3.63) is 48.0 Å². The Bertz CT molecular complexity index is 861. The zero-order valence-electron chi connectivity index (χ0n) is 13.3. The number of carbonyl (C=O) groups is 1. The maximum absolute atomic E-state index is 11.6. The Balaban J connectivity index is 2.13. The highest BCUT2D eigenvalue weighted by Crippen LogP contribution is 2.21. The van der Waals surface area contributed by atoms with Gasteiger partial charge in [0, 0.05) is 11.7 Å². The molecular weight excluding hydrogens is 292 g/mol. The Labute approximate surface area is 133 Å². The molecule has 3 heterocycles. The summed E-state index contributed by atoms with van der Waals surface area (Å²) in [5, 5.41) is 8.13. The van der Waals surface area contributed by atoms with Gasteiger partial charge in [-0.3, -0.25) is 9.36 Å². The van der Waals surface area contributed by atoms with Gasteiger partial charge in [-0.15, -0.1) is 10.2 Å². The van der Waals surface area contributed by atoms with Gasteiger partial charge in [0.25, 0.3) is 5.91 Å². The van der Waals surface area contributed by atoms with E-state index in [1.54, 1.807) is 17.0 Å². The van der Waals surface area contributed by atoms with Crippen LogP contribution in [0.2, 0.25) is 0 Å². The predicted molar refractivity (Wildman–Crippen MR) is 86.2 cm³/mol. The highest BCUT2D eigenvalue weighted by molar-refractivity contribution is 5.92. The van der Waals surface area contributed by atoms with Crippen LogP contribution in [0.3, 0.4) is 0 Å². The third kappa shape index (κ3) is 2.61. The minimum atomic E-state index is -0.490. The highest BCUT2D eigenvalue weighted by Gasteiger charge is 2.15. The Morgan fingerprint density at radius 1 is 1.22 bits per heavy atom. The molecule has 0 aliphatic heterocycles. The molecule has 2 N–H and O–H groups in total. The summed E-state index contributed by atoms with van der Waals surface area (Å²) in [5.41, 5.74) is 7.42. The summed E-state index contributed by atoms with van der Waals surface area (Å²) in [6.45, 7) is 6.01. The minimum absolute atomic E-state index is 0.222. The van der Waals surface area contributed by atoms with E-state index in [-0.39, 0.29) is 6.04 Å². The molecule has 0 atom stereocenters. The summed E-state index contributed by atoms with van der Waals surface area (Å²) in [7, 11) is 0. The number of aromatic nitrogens is 5. The van der Waals surface area contributed by atoms with Crippen LogP contribution in [0.5, 0.6) is 0 Å². The van der Waals surface area contributed by atoms with Crippen molar-refractivity contribution in [3.63, 3.8) is 0 Å². The minimum Gasteiger partial charge on any atom is -0.364 e. The molecule has 0 spiro atoms. The highest BCUT2D eigenvalue weighted by atomic mass is 16.1. The third-order valence-corrected chi connectivity index (χ3v) is 3.65. The van der Waals surface area contributed by atoms with Gasteiger partial charge >= 0.3 is 0 Å². The van der Waals surface area contributed by atoms with Crippen molar-refractivity contribution >= 4 is 5.91 Å². The van der Waals surface area contributed by atoms with E-state index in [0.717, 1.165) is 5.69 Å². The number of rotatable bonds is 4. The van der Waals surface area contributed by atoms with Gasteiger partial charge in [-0.1, -0.05) is 6.07 Å². The van der Waals surface area contributed by atoms with Crippen molar-refractivity contribution in [1.82, 2.24) is 24.3 Å². The van der Waals surface area contributed by atoms with Crippen molar-refractivity contribution in [3.8, 4) is 17.3 Å². The Morgan fingerprint density at radius 3 is 2.70 bits per heavy atom. The van der Waals surface area contributed by atoms with Crippen molar-refractivity contribution in [2.75, 3.05) is 0 Å². The number of pyridine rings is 1. The van der Waals surface area contributed by atoms with Crippen molar-refractivity contribution in [2.45, 2.75) is 26.8 Å². The van der Waals surface area contributed by atoms with Crippen molar-refractivity contribution in [1.29, 1.82) is 0 Å². The van der Waals surface area contributed by atoms with E-state index < -0.39 is 5.91 Å². The molecule has 0 aromatic carbocycles. The molecule has 0 fully saturated rings. The standard InChI is InChI=1S/C16H18N6O/c1-10(2)21-9-18-20-16(21)12-5-4-6-14(19-12)22-11(3)7-8-13(22)15(17)23/h4-10H,1-3H3,(H2,17,23). The summed E-state index contributed by atoms with van der Waals surface area (Å²) < 4.78 is 3.69. The third-order valence-electron chi connectivity index (χ3n) is 3.65. The molecule has 3 aromatic rings. The molecular formula is C16H18N6O. The second-order valence-corrected chi connectivity index (χ2v) is 5.60. The zero-order valence-corrected chi connectivity index (χ0v) is 13.3. The van der Waals surface area contributed by atoms with E-state index in [1.807, 2.05) is 35.8 Å². The lowest BCUT2D eigenvalue weighted by atomic mass is 10.3. The number of amides is 1. The fourth-order valence-electron chi connectivity index (χ4n) is 2.51. The number of nitrogens with zero attached hydrogens (tertiary/aromatic N) is 5.